The van der Waals surface area contributed by atoms with Gasteiger partial charge in [-0.2, -0.15) is 18.3 Å². The van der Waals surface area contributed by atoms with Gasteiger partial charge in [-0.1, -0.05) is 17.7 Å². The zero-order chi connectivity index (χ0) is 11.8. The molecule has 2 aromatic heterocycles. The van der Waals surface area contributed by atoms with Crippen LogP contribution in [0.3, 0.4) is 0 Å². The fourth-order valence-corrected chi connectivity index (χ4v) is 1.28. The lowest BCUT2D eigenvalue weighted by atomic mass is 10.3. The third-order valence-electron chi connectivity index (χ3n) is 1.85. The van der Waals surface area contributed by atoms with Gasteiger partial charge >= 0.3 is 6.18 Å². The number of alkyl halides is 3. The Morgan fingerprint density at radius 2 is 2.00 bits per heavy atom. The summed E-state index contributed by atoms with van der Waals surface area (Å²) in [6, 6.07) is 4.62. The van der Waals surface area contributed by atoms with Gasteiger partial charge in [-0.05, 0) is 12.1 Å². The fraction of sp³-hybridized carbons (Fsp3) is 0.111. The lowest BCUT2D eigenvalue weighted by molar-refractivity contribution is -0.137. The first-order valence-electron chi connectivity index (χ1n) is 4.21. The number of nitrogens with zero attached hydrogens (tertiary/aromatic N) is 3. The van der Waals surface area contributed by atoms with Gasteiger partial charge in [0.25, 0.3) is 0 Å². The maximum absolute atomic E-state index is 12.3. The van der Waals surface area contributed by atoms with Crippen LogP contribution in [-0.2, 0) is 6.18 Å². The molecule has 0 aliphatic rings. The summed E-state index contributed by atoms with van der Waals surface area (Å²) in [6.45, 7) is 0. The number of rotatable bonds is 1. The van der Waals surface area contributed by atoms with Gasteiger partial charge in [-0.15, -0.1) is 0 Å². The second kappa shape index (κ2) is 3.79. The Labute approximate surface area is 93.5 Å². The number of pyridine rings is 1. The average Bonchev–Trinajstić information content (AvgIpc) is 2.65. The lowest BCUT2D eigenvalue weighted by Crippen LogP contribution is -2.03. The van der Waals surface area contributed by atoms with Crippen molar-refractivity contribution in [3.05, 3.63) is 41.3 Å². The number of halogens is 4. The van der Waals surface area contributed by atoms with Crippen molar-refractivity contribution in [1.29, 1.82) is 0 Å². The van der Waals surface area contributed by atoms with Crippen LogP contribution in [0.4, 0.5) is 13.2 Å². The predicted octanol–water partition coefficient (Wildman–Crippen LogP) is 2.94. The van der Waals surface area contributed by atoms with E-state index in [4.69, 9.17) is 11.6 Å². The molecule has 0 fully saturated rings. The first-order chi connectivity index (χ1) is 7.47. The molecule has 0 aliphatic carbocycles. The molecule has 2 heterocycles. The van der Waals surface area contributed by atoms with Gasteiger partial charge < -0.3 is 0 Å². The molecule has 0 atom stereocenters. The Morgan fingerprint density at radius 3 is 2.56 bits per heavy atom. The van der Waals surface area contributed by atoms with Gasteiger partial charge in [-0.3, -0.25) is 0 Å². The van der Waals surface area contributed by atoms with Crippen LogP contribution in [0.1, 0.15) is 5.56 Å². The van der Waals surface area contributed by atoms with Crippen molar-refractivity contribution >= 4 is 11.6 Å². The van der Waals surface area contributed by atoms with E-state index in [1.54, 1.807) is 6.07 Å². The zero-order valence-corrected chi connectivity index (χ0v) is 8.50. The van der Waals surface area contributed by atoms with Gasteiger partial charge in [0.2, 0.25) is 0 Å². The summed E-state index contributed by atoms with van der Waals surface area (Å²) in [6.07, 6.45) is -2.81. The predicted molar refractivity (Wildman–Crippen MR) is 51.4 cm³/mol. The van der Waals surface area contributed by atoms with Gasteiger partial charge in [0, 0.05) is 6.20 Å². The molecule has 0 aromatic carbocycles. The maximum Gasteiger partial charge on any atom is 0.419 e. The van der Waals surface area contributed by atoms with Crippen molar-refractivity contribution in [1.82, 2.24) is 14.8 Å². The van der Waals surface area contributed by atoms with Gasteiger partial charge in [-0.25, -0.2) is 9.67 Å². The fourth-order valence-electron chi connectivity index (χ4n) is 1.12. The second-order valence-electron chi connectivity index (χ2n) is 2.99. The van der Waals surface area contributed by atoms with Gasteiger partial charge in [0.1, 0.15) is 5.15 Å². The van der Waals surface area contributed by atoms with Gasteiger partial charge in [0.05, 0.1) is 11.8 Å². The van der Waals surface area contributed by atoms with Crippen molar-refractivity contribution in [3.63, 3.8) is 0 Å². The van der Waals surface area contributed by atoms with E-state index in [1.165, 1.54) is 12.1 Å². The highest BCUT2D eigenvalue weighted by Crippen LogP contribution is 2.28. The zero-order valence-electron chi connectivity index (χ0n) is 7.74. The lowest BCUT2D eigenvalue weighted by Gasteiger charge is -2.01. The normalized spacial score (nSPS) is 11.8. The molecule has 2 rings (SSSR count). The molecule has 0 unspecified atom stereocenters. The highest BCUT2D eigenvalue weighted by Gasteiger charge is 2.32. The van der Waals surface area contributed by atoms with Crippen molar-refractivity contribution in [2.45, 2.75) is 6.18 Å². The summed E-state index contributed by atoms with van der Waals surface area (Å²) >= 11 is 5.62. The van der Waals surface area contributed by atoms with Crippen LogP contribution in [0.15, 0.2) is 30.6 Å². The average molecular weight is 248 g/mol. The third kappa shape index (κ3) is 2.16. The summed E-state index contributed by atoms with van der Waals surface area (Å²) < 4.78 is 37.9. The van der Waals surface area contributed by atoms with E-state index >= 15 is 0 Å². The van der Waals surface area contributed by atoms with Crippen molar-refractivity contribution in [2.24, 2.45) is 0 Å². The maximum atomic E-state index is 12.3. The monoisotopic (exact) mass is 247 g/mol. The largest absolute Gasteiger partial charge is 0.419 e. The molecule has 7 heteroatoms. The second-order valence-corrected chi connectivity index (χ2v) is 3.38. The van der Waals surface area contributed by atoms with E-state index in [-0.39, 0.29) is 11.0 Å². The molecular weight excluding hydrogens is 243 g/mol. The van der Waals surface area contributed by atoms with E-state index in [0.717, 1.165) is 17.1 Å². The molecule has 0 radical (unpaired) electrons. The van der Waals surface area contributed by atoms with Crippen molar-refractivity contribution in [2.75, 3.05) is 0 Å². The summed E-state index contributed by atoms with van der Waals surface area (Å²) in [5, 5.41) is 3.77. The van der Waals surface area contributed by atoms with Crippen LogP contribution in [0.5, 0.6) is 0 Å². The summed E-state index contributed by atoms with van der Waals surface area (Å²) in [7, 11) is 0. The quantitative estimate of drug-likeness (QED) is 0.726. The smallest absolute Gasteiger partial charge is 0.222 e. The highest BCUT2D eigenvalue weighted by atomic mass is 35.5. The molecule has 3 nitrogen and oxygen atoms in total. The first kappa shape index (κ1) is 10.9. The molecule has 0 aliphatic heterocycles. The Bertz CT molecular complexity index is 507. The molecule has 0 N–H and O–H groups in total. The van der Waals surface area contributed by atoms with Crippen LogP contribution in [0.2, 0.25) is 5.15 Å². The third-order valence-corrected chi connectivity index (χ3v) is 2.06. The first-order valence-corrected chi connectivity index (χ1v) is 4.59. The number of aromatic nitrogens is 3. The van der Waals surface area contributed by atoms with E-state index in [2.05, 4.69) is 10.1 Å². The van der Waals surface area contributed by atoms with Crippen LogP contribution in [-0.4, -0.2) is 14.8 Å². The van der Waals surface area contributed by atoms with E-state index < -0.39 is 11.7 Å². The van der Waals surface area contributed by atoms with Gasteiger partial charge in [0.15, 0.2) is 5.82 Å². The molecule has 16 heavy (non-hydrogen) atoms. The molecule has 0 saturated carbocycles. The topological polar surface area (TPSA) is 30.7 Å². The standard InChI is InChI=1S/C9H5ClF3N3/c10-7-2-1-3-8(15-7)16-5-6(4-14-16)9(11,12)13/h1-5H. The Balaban J connectivity index is 2.39. The summed E-state index contributed by atoms with van der Waals surface area (Å²) in [5.74, 6) is 0.239. The summed E-state index contributed by atoms with van der Waals surface area (Å²) in [5.41, 5.74) is -0.825. The Hall–Kier alpha value is -1.56. The SMILES string of the molecule is FC(F)(F)c1cnn(-c2cccc(Cl)n2)c1. The number of hydrogen-bond acceptors (Lipinski definition) is 2. The van der Waals surface area contributed by atoms with Crippen LogP contribution in [0, 0.1) is 0 Å². The van der Waals surface area contributed by atoms with E-state index in [0.29, 0.717) is 0 Å². The molecule has 0 spiro atoms. The molecule has 0 amide bonds. The molecule has 2 aromatic rings. The summed E-state index contributed by atoms with van der Waals surface area (Å²) in [4.78, 5) is 3.84. The Kier molecular flexibility index (Phi) is 2.59. The molecular formula is C9H5ClF3N3. The van der Waals surface area contributed by atoms with Crippen molar-refractivity contribution < 1.29 is 13.2 Å². The van der Waals surface area contributed by atoms with Crippen molar-refractivity contribution in [3.8, 4) is 5.82 Å². The van der Waals surface area contributed by atoms with Crippen LogP contribution >= 0.6 is 11.6 Å². The van der Waals surface area contributed by atoms with E-state index in [9.17, 15) is 13.2 Å². The molecule has 84 valence electrons. The van der Waals surface area contributed by atoms with Crippen LogP contribution < -0.4 is 0 Å². The minimum Gasteiger partial charge on any atom is -0.222 e. The molecule has 0 bridgehead atoms. The van der Waals surface area contributed by atoms with E-state index in [1.807, 2.05) is 0 Å². The Morgan fingerprint density at radius 1 is 1.25 bits per heavy atom. The molecule has 0 saturated heterocycles. The minimum atomic E-state index is -4.41. The van der Waals surface area contributed by atoms with Crippen LogP contribution in [0.25, 0.3) is 5.82 Å². The highest BCUT2D eigenvalue weighted by molar-refractivity contribution is 6.29. The number of hydrogen-bond donors (Lipinski definition) is 0. The minimum absolute atomic E-state index is 0.196.